The van der Waals surface area contributed by atoms with Gasteiger partial charge in [0.25, 0.3) is 0 Å². The smallest absolute Gasteiger partial charge is 0.213 e. The third-order valence-corrected chi connectivity index (χ3v) is 8.70. The van der Waals surface area contributed by atoms with Gasteiger partial charge in [-0.15, -0.1) is 0 Å². The molecular weight excluding hydrogens is 340 g/mol. The van der Waals surface area contributed by atoms with Gasteiger partial charge in [-0.25, -0.2) is 0 Å². The number of ether oxygens (including phenoxy) is 1. The van der Waals surface area contributed by atoms with Crippen LogP contribution in [0.15, 0.2) is 0 Å². The summed E-state index contributed by atoms with van der Waals surface area (Å²) in [5.74, 6) is -5.77. The summed E-state index contributed by atoms with van der Waals surface area (Å²) in [5, 5.41) is 44.7. The van der Waals surface area contributed by atoms with E-state index in [4.69, 9.17) is 4.74 Å². The molecule has 4 bridgehead atoms. The van der Waals surface area contributed by atoms with Crippen LogP contribution in [-0.4, -0.2) is 62.7 Å². The van der Waals surface area contributed by atoms with Crippen molar-refractivity contribution < 1.29 is 34.8 Å². The van der Waals surface area contributed by atoms with E-state index in [-0.39, 0.29) is 12.0 Å². The molecule has 4 saturated carbocycles. The van der Waals surface area contributed by atoms with Gasteiger partial charge in [0, 0.05) is 11.3 Å². The molecule has 0 aromatic carbocycles. The quantitative estimate of drug-likeness (QED) is 0.422. The molecule has 2 saturated heterocycles. The van der Waals surface area contributed by atoms with Crippen molar-refractivity contribution in [3.63, 3.8) is 0 Å². The van der Waals surface area contributed by atoms with E-state index in [0.717, 1.165) is 0 Å². The topological polar surface area (TPSA) is 124 Å². The fraction of sp³-hybridized carbons (Fsp3) is 0.895. The number of hydrogen-bond acceptors (Lipinski definition) is 7. The van der Waals surface area contributed by atoms with Crippen LogP contribution in [0.1, 0.15) is 39.5 Å². The molecule has 0 aromatic heterocycles. The zero-order valence-electron chi connectivity index (χ0n) is 15.0. The van der Waals surface area contributed by atoms with Crippen molar-refractivity contribution in [2.75, 3.05) is 6.61 Å². The molecule has 0 radical (unpaired) electrons. The van der Waals surface area contributed by atoms with Gasteiger partial charge in [-0.05, 0) is 37.0 Å². The molecule has 3 unspecified atom stereocenters. The molecule has 7 heteroatoms. The van der Waals surface area contributed by atoms with Crippen molar-refractivity contribution in [1.29, 1.82) is 0 Å². The highest BCUT2D eigenvalue weighted by molar-refractivity contribution is 6.43. The van der Waals surface area contributed by atoms with E-state index >= 15 is 0 Å². The van der Waals surface area contributed by atoms with Crippen molar-refractivity contribution in [2.24, 2.45) is 34.0 Å². The minimum Gasteiger partial charge on any atom is -0.392 e. The first kappa shape index (κ1) is 17.3. The van der Waals surface area contributed by atoms with Crippen molar-refractivity contribution >= 4 is 11.6 Å². The minimum absolute atomic E-state index is 0.0150. The summed E-state index contributed by atoms with van der Waals surface area (Å²) in [4.78, 5) is 25.6. The molecule has 2 spiro atoms. The first-order valence-corrected chi connectivity index (χ1v) is 9.56. The summed E-state index contributed by atoms with van der Waals surface area (Å²) in [6, 6.07) is 0. The third-order valence-electron chi connectivity index (χ3n) is 8.70. The van der Waals surface area contributed by atoms with E-state index in [0.29, 0.717) is 25.7 Å². The van der Waals surface area contributed by atoms with Gasteiger partial charge in [0.05, 0.1) is 24.7 Å². The second kappa shape index (κ2) is 4.58. The van der Waals surface area contributed by atoms with Crippen molar-refractivity contribution in [3.8, 4) is 0 Å². The highest BCUT2D eigenvalue weighted by atomic mass is 16.6. The zero-order chi connectivity index (χ0) is 18.9. The van der Waals surface area contributed by atoms with Crippen LogP contribution in [0.5, 0.6) is 0 Å². The summed E-state index contributed by atoms with van der Waals surface area (Å²) in [7, 11) is 0. The van der Waals surface area contributed by atoms with Crippen LogP contribution in [0.25, 0.3) is 0 Å². The Hall–Kier alpha value is -0.860. The fourth-order valence-electron chi connectivity index (χ4n) is 7.75. The predicted molar refractivity (Wildman–Crippen MR) is 86.5 cm³/mol. The Bertz CT molecular complexity index is 719. The molecule has 4 aliphatic carbocycles. The van der Waals surface area contributed by atoms with Crippen LogP contribution >= 0.6 is 0 Å². The van der Waals surface area contributed by atoms with E-state index < -0.39 is 64.2 Å². The van der Waals surface area contributed by atoms with Crippen molar-refractivity contribution in [2.45, 2.75) is 63.6 Å². The molecule has 26 heavy (non-hydrogen) atoms. The maximum Gasteiger partial charge on any atom is 0.213 e. The van der Waals surface area contributed by atoms with Crippen LogP contribution in [0.2, 0.25) is 0 Å². The van der Waals surface area contributed by atoms with Crippen LogP contribution in [0.4, 0.5) is 0 Å². The molecule has 7 nitrogen and oxygen atoms in total. The molecule has 0 aromatic rings. The number of rotatable bonds is 0. The minimum atomic E-state index is -2.31. The molecule has 2 aliphatic heterocycles. The molecule has 6 aliphatic rings. The standard InChI is InChI=1S/C19H26O7/c1-16(2)6-5-10(20)17-7-26-19(25,15(24)12(16)17)18-9(17)4-3-8(13(18)22)11(21)14(18)23/h8-10,12-13,15,20,22,24-25H,3-7H2,1-2H3/t8-,9?,10-,12?,13+,15-,17+,18?,19-/m0/s1. The number of carbonyl (C=O) groups excluding carboxylic acids is 2. The first-order chi connectivity index (χ1) is 12.1. The molecule has 6 fully saturated rings. The van der Waals surface area contributed by atoms with Gasteiger partial charge in [0.15, 0.2) is 0 Å². The Morgan fingerprint density at radius 1 is 1.04 bits per heavy atom. The van der Waals surface area contributed by atoms with Gasteiger partial charge < -0.3 is 25.2 Å². The van der Waals surface area contributed by atoms with E-state index in [1.165, 1.54) is 0 Å². The molecule has 0 amide bonds. The van der Waals surface area contributed by atoms with Gasteiger partial charge in [-0.2, -0.15) is 0 Å². The van der Waals surface area contributed by atoms with E-state index in [9.17, 15) is 30.0 Å². The van der Waals surface area contributed by atoms with E-state index in [1.54, 1.807) is 0 Å². The molecule has 6 rings (SSSR count). The number of aliphatic hydroxyl groups is 4. The SMILES string of the molecule is CC1(C)CC[C@H](O)[C@]23CO[C@@](O)([C@@H](O)C12)C12C(=O)C(=O)[C@H](CCC13)[C@H]2O. The lowest BCUT2D eigenvalue weighted by Crippen LogP contribution is -2.85. The molecule has 144 valence electrons. The average molecular weight is 366 g/mol. The van der Waals surface area contributed by atoms with E-state index in [1.807, 2.05) is 13.8 Å². The largest absolute Gasteiger partial charge is 0.392 e. The Morgan fingerprint density at radius 3 is 2.42 bits per heavy atom. The zero-order valence-corrected chi connectivity index (χ0v) is 15.0. The number of hydrogen-bond donors (Lipinski definition) is 4. The van der Waals surface area contributed by atoms with Crippen LogP contribution in [0.3, 0.4) is 0 Å². The lowest BCUT2D eigenvalue weighted by atomic mass is 9.35. The van der Waals surface area contributed by atoms with Crippen LogP contribution in [0, 0.1) is 34.0 Å². The Balaban J connectivity index is 1.81. The van der Waals surface area contributed by atoms with Gasteiger partial charge in [0.1, 0.15) is 11.5 Å². The Labute approximate surface area is 151 Å². The molecular formula is C19H26O7. The monoisotopic (exact) mass is 366 g/mol. The maximum absolute atomic E-state index is 13.1. The number of ketones is 2. The van der Waals surface area contributed by atoms with Gasteiger partial charge in [-0.1, -0.05) is 13.8 Å². The van der Waals surface area contributed by atoms with Gasteiger partial charge in [-0.3, -0.25) is 9.59 Å². The van der Waals surface area contributed by atoms with E-state index in [2.05, 4.69) is 0 Å². The summed E-state index contributed by atoms with van der Waals surface area (Å²) in [6.07, 6.45) is -1.71. The van der Waals surface area contributed by atoms with Crippen molar-refractivity contribution in [1.82, 2.24) is 0 Å². The highest BCUT2D eigenvalue weighted by Gasteiger charge is 2.87. The molecule has 4 N–H and O–H groups in total. The average Bonchev–Trinajstić information content (AvgIpc) is 2.69. The fourth-order valence-corrected chi connectivity index (χ4v) is 7.75. The van der Waals surface area contributed by atoms with Crippen LogP contribution < -0.4 is 0 Å². The first-order valence-electron chi connectivity index (χ1n) is 9.56. The highest BCUT2D eigenvalue weighted by Crippen LogP contribution is 2.75. The number of carbonyl (C=O) groups is 2. The summed E-state index contributed by atoms with van der Waals surface area (Å²) in [6.45, 7) is 4.00. The van der Waals surface area contributed by atoms with Crippen molar-refractivity contribution in [3.05, 3.63) is 0 Å². The summed E-state index contributed by atoms with van der Waals surface area (Å²) in [5.41, 5.74) is -3.22. The maximum atomic E-state index is 13.1. The van der Waals surface area contributed by atoms with Gasteiger partial charge in [0.2, 0.25) is 17.4 Å². The summed E-state index contributed by atoms with van der Waals surface area (Å²) >= 11 is 0. The normalized spacial score (nSPS) is 59.9. The molecule has 2 heterocycles. The lowest BCUT2D eigenvalue weighted by Gasteiger charge is -2.74. The molecule has 9 atom stereocenters. The Kier molecular flexibility index (Phi) is 3.04. The summed E-state index contributed by atoms with van der Waals surface area (Å²) < 4.78 is 5.69. The van der Waals surface area contributed by atoms with Gasteiger partial charge >= 0.3 is 0 Å². The number of fused-ring (bicyclic) bond motifs is 2. The second-order valence-electron chi connectivity index (χ2n) is 9.81. The number of Topliss-reactive ketones (excluding diaryl/α,β-unsaturated/α-hetero) is 2. The number of aliphatic hydroxyl groups excluding tert-OH is 3. The second-order valence-corrected chi connectivity index (χ2v) is 9.81. The van der Waals surface area contributed by atoms with Crippen LogP contribution in [-0.2, 0) is 14.3 Å². The third kappa shape index (κ3) is 1.40. The Morgan fingerprint density at radius 2 is 1.73 bits per heavy atom. The predicted octanol–water partition coefficient (Wildman–Crippen LogP) is -0.612. The lowest BCUT2D eigenvalue weighted by molar-refractivity contribution is -0.458.